The Balaban J connectivity index is 0.00000169. The van der Waals surface area contributed by atoms with Gasteiger partial charge < -0.3 is 15.0 Å². The van der Waals surface area contributed by atoms with Crippen LogP contribution in [0.1, 0.15) is 23.2 Å². The van der Waals surface area contributed by atoms with Crippen LogP contribution in [-0.2, 0) is 0 Å². The average molecular weight is 398 g/mol. The van der Waals surface area contributed by atoms with Crippen molar-refractivity contribution in [2.45, 2.75) is 12.8 Å². The van der Waals surface area contributed by atoms with E-state index in [0.717, 1.165) is 32.5 Å². The second kappa shape index (κ2) is 11.0. The Kier molecular flexibility index (Phi) is 9.41. The van der Waals surface area contributed by atoms with Gasteiger partial charge in [0.15, 0.2) is 0 Å². The van der Waals surface area contributed by atoms with Gasteiger partial charge in [0.05, 0.1) is 0 Å². The van der Waals surface area contributed by atoms with Crippen LogP contribution in [0.3, 0.4) is 0 Å². The molecule has 7 heteroatoms. The summed E-state index contributed by atoms with van der Waals surface area (Å²) in [4.78, 5) is 18.6. The Morgan fingerprint density at radius 2 is 1.85 bits per heavy atom. The lowest BCUT2D eigenvalue weighted by atomic mass is 9.96. The largest absolute Gasteiger partial charge is 0.457 e. The number of rotatable bonds is 5. The van der Waals surface area contributed by atoms with Crippen LogP contribution in [0.4, 0.5) is 0 Å². The topological polar surface area (TPSA) is 54.5 Å². The molecule has 3 rings (SSSR count). The molecule has 0 saturated carbocycles. The standard InChI is InChI=1S/C19H23N3O2.2ClH/c1-20-14-15-7-11-22(12-8-15)19(23)16-3-2-4-18(13-16)24-17-5-9-21-10-6-17;;/h2-6,9-10,13,15,20H,7-8,11-12,14H2,1H3;2*1H. The average Bonchev–Trinajstić information content (AvgIpc) is 2.63. The maximum atomic E-state index is 12.7. The van der Waals surface area contributed by atoms with E-state index in [-0.39, 0.29) is 30.7 Å². The molecule has 1 aliphatic rings. The quantitative estimate of drug-likeness (QED) is 0.833. The SMILES string of the molecule is CNCC1CCN(C(=O)c2cccc(Oc3ccncc3)c2)CC1.Cl.Cl. The van der Waals surface area contributed by atoms with Crippen LogP contribution in [0, 0.1) is 5.92 Å². The van der Waals surface area contributed by atoms with Crippen molar-refractivity contribution in [2.24, 2.45) is 5.92 Å². The van der Waals surface area contributed by atoms with E-state index < -0.39 is 0 Å². The van der Waals surface area contributed by atoms with E-state index in [9.17, 15) is 4.79 Å². The summed E-state index contributed by atoms with van der Waals surface area (Å²) in [5, 5.41) is 3.22. The summed E-state index contributed by atoms with van der Waals surface area (Å²) in [6, 6.07) is 11.0. The maximum absolute atomic E-state index is 12.7. The number of amides is 1. The van der Waals surface area contributed by atoms with E-state index in [0.29, 0.717) is 23.0 Å². The number of carbonyl (C=O) groups is 1. The van der Waals surface area contributed by atoms with Gasteiger partial charge in [0.1, 0.15) is 11.5 Å². The minimum Gasteiger partial charge on any atom is -0.457 e. The van der Waals surface area contributed by atoms with Crippen molar-refractivity contribution < 1.29 is 9.53 Å². The number of nitrogens with one attached hydrogen (secondary N) is 1. The fourth-order valence-electron chi connectivity index (χ4n) is 3.05. The van der Waals surface area contributed by atoms with Crippen molar-refractivity contribution in [3.63, 3.8) is 0 Å². The molecule has 1 fully saturated rings. The number of halogens is 2. The van der Waals surface area contributed by atoms with E-state index in [4.69, 9.17) is 4.74 Å². The minimum absolute atomic E-state index is 0. The normalized spacial score (nSPS) is 14.1. The molecule has 1 amide bonds. The molecule has 0 bridgehead atoms. The summed E-state index contributed by atoms with van der Waals surface area (Å²) in [5.74, 6) is 2.12. The van der Waals surface area contributed by atoms with Crippen LogP contribution in [-0.4, -0.2) is 42.5 Å². The number of hydrogen-bond acceptors (Lipinski definition) is 4. The van der Waals surface area contributed by atoms with Gasteiger partial charge in [-0.3, -0.25) is 9.78 Å². The number of pyridine rings is 1. The second-order valence-electron chi connectivity index (χ2n) is 6.11. The Labute approximate surface area is 167 Å². The molecular formula is C19H25Cl2N3O2. The maximum Gasteiger partial charge on any atom is 0.253 e. The zero-order chi connectivity index (χ0) is 16.8. The lowest BCUT2D eigenvalue weighted by molar-refractivity contribution is 0.0690. The van der Waals surface area contributed by atoms with Gasteiger partial charge in [0.25, 0.3) is 5.91 Å². The molecule has 1 aliphatic heterocycles. The van der Waals surface area contributed by atoms with Gasteiger partial charge in [0, 0.05) is 31.0 Å². The zero-order valence-electron chi connectivity index (χ0n) is 14.8. The van der Waals surface area contributed by atoms with Gasteiger partial charge in [-0.15, -0.1) is 24.8 Å². The number of nitrogens with zero attached hydrogens (tertiary/aromatic N) is 2. The zero-order valence-corrected chi connectivity index (χ0v) is 16.4. The van der Waals surface area contributed by atoms with Crippen LogP contribution in [0.2, 0.25) is 0 Å². The fourth-order valence-corrected chi connectivity index (χ4v) is 3.05. The molecule has 1 saturated heterocycles. The predicted molar refractivity (Wildman–Crippen MR) is 108 cm³/mol. The molecular weight excluding hydrogens is 373 g/mol. The molecule has 1 N–H and O–H groups in total. The molecule has 2 aromatic rings. The predicted octanol–water partition coefficient (Wildman–Crippen LogP) is 3.79. The van der Waals surface area contributed by atoms with Gasteiger partial charge in [-0.05, 0) is 62.7 Å². The lowest BCUT2D eigenvalue weighted by Crippen LogP contribution is -2.40. The van der Waals surface area contributed by atoms with Gasteiger partial charge in [-0.25, -0.2) is 0 Å². The van der Waals surface area contributed by atoms with Gasteiger partial charge in [0.2, 0.25) is 0 Å². The molecule has 142 valence electrons. The highest BCUT2D eigenvalue weighted by atomic mass is 35.5. The summed E-state index contributed by atoms with van der Waals surface area (Å²) >= 11 is 0. The molecule has 5 nitrogen and oxygen atoms in total. The smallest absolute Gasteiger partial charge is 0.253 e. The van der Waals surface area contributed by atoms with Gasteiger partial charge >= 0.3 is 0 Å². The van der Waals surface area contributed by atoms with E-state index in [2.05, 4.69) is 10.3 Å². The third-order valence-corrected chi connectivity index (χ3v) is 4.36. The summed E-state index contributed by atoms with van der Waals surface area (Å²) in [7, 11) is 1.98. The van der Waals surface area contributed by atoms with Gasteiger partial charge in [-0.2, -0.15) is 0 Å². The second-order valence-corrected chi connectivity index (χ2v) is 6.11. The highest BCUT2D eigenvalue weighted by Gasteiger charge is 2.23. The van der Waals surface area contributed by atoms with E-state index in [1.54, 1.807) is 24.5 Å². The van der Waals surface area contributed by atoms with Crippen LogP contribution in [0.25, 0.3) is 0 Å². The van der Waals surface area contributed by atoms with Crippen molar-refractivity contribution in [2.75, 3.05) is 26.7 Å². The molecule has 1 aromatic carbocycles. The van der Waals surface area contributed by atoms with Gasteiger partial charge in [-0.1, -0.05) is 6.07 Å². The highest BCUT2D eigenvalue weighted by molar-refractivity contribution is 5.94. The highest BCUT2D eigenvalue weighted by Crippen LogP contribution is 2.23. The molecule has 0 radical (unpaired) electrons. The molecule has 26 heavy (non-hydrogen) atoms. The number of likely N-dealkylation sites (tertiary alicyclic amines) is 1. The third kappa shape index (κ3) is 5.87. The van der Waals surface area contributed by atoms with Crippen molar-refractivity contribution in [1.82, 2.24) is 15.2 Å². The number of benzene rings is 1. The Morgan fingerprint density at radius 1 is 1.15 bits per heavy atom. The van der Waals surface area contributed by atoms with Crippen LogP contribution in [0.15, 0.2) is 48.8 Å². The van der Waals surface area contributed by atoms with Crippen molar-refractivity contribution in [3.8, 4) is 11.5 Å². The van der Waals surface area contributed by atoms with Crippen molar-refractivity contribution in [1.29, 1.82) is 0 Å². The van der Waals surface area contributed by atoms with Crippen LogP contribution in [0.5, 0.6) is 11.5 Å². The number of aromatic nitrogens is 1. The first-order valence-corrected chi connectivity index (χ1v) is 8.38. The monoisotopic (exact) mass is 397 g/mol. The molecule has 0 atom stereocenters. The molecule has 2 heterocycles. The van der Waals surface area contributed by atoms with Crippen molar-refractivity contribution in [3.05, 3.63) is 54.4 Å². The molecule has 0 spiro atoms. The Hall–Kier alpha value is -1.82. The first kappa shape index (κ1) is 22.2. The van der Waals surface area contributed by atoms with E-state index in [1.807, 2.05) is 36.2 Å². The minimum atomic E-state index is 0. The fraction of sp³-hybridized carbons (Fsp3) is 0.368. The summed E-state index contributed by atoms with van der Waals surface area (Å²) in [6.45, 7) is 2.67. The number of piperidine rings is 1. The summed E-state index contributed by atoms with van der Waals surface area (Å²) in [6.07, 6.45) is 5.47. The first-order valence-electron chi connectivity index (χ1n) is 8.38. The molecule has 1 aromatic heterocycles. The number of hydrogen-bond donors (Lipinski definition) is 1. The molecule has 0 aliphatic carbocycles. The third-order valence-electron chi connectivity index (χ3n) is 4.36. The van der Waals surface area contributed by atoms with Crippen LogP contribution < -0.4 is 10.1 Å². The van der Waals surface area contributed by atoms with Crippen LogP contribution >= 0.6 is 24.8 Å². The lowest BCUT2D eigenvalue weighted by Gasteiger charge is -2.32. The Morgan fingerprint density at radius 3 is 2.50 bits per heavy atom. The number of carbonyl (C=O) groups excluding carboxylic acids is 1. The summed E-state index contributed by atoms with van der Waals surface area (Å²) < 4.78 is 5.79. The Bertz CT molecular complexity index is 677. The first-order chi connectivity index (χ1) is 11.8. The van der Waals surface area contributed by atoms with Crippen molar-refractivity contribution >= 4 is 30.7 Å². The summed E-state index contributed by atoms with van der Waals surface area (Å²) in [5.41, 5.74) is 0.675. The van der Waals surface area contributed by atoms with E-state index in [1.165, 1.54) is 0 Å². The number of ether oxygens (including phenoxy) is 1. The molecule has 0 unspecified atom stereocenters. The van der Waals surface area contributed by atoms with E-state index >= 15 is 0 Å².